The molecule has 0 spiro atoms. The molecule has 0 amide bonds. The van der Waals surface area contributed by atoms with Gasteiger partial charge in [0, 0.05) is 21.9 Å². The van der Waals surface area contributed by atoms with E-state index in [0.717, 1.165) is 18.7 Å². The first kappa shape index (κ1) is 14.1. The Kier molecular flexibility index (Phi) is 5.00. The molecule has 0 bridgehead atoms. The van der Waals surface area contributed by atoms with Gasteiger partial charge in [0.25, 0.3) is 0 Å². The Bertz CT molecular complexity index is 533. The van der Waals surface area contributed by atoms with Crippen molar-refractivity contribution in [3.05, 3.63) is 51.2 Å². The van der Waals surface area contributed by atoms with Crippen molar-refractivity contribution < 1.29 is 4.74 Å². The summed E-state index contributed by atoms with van der Waals surface area (Å²) in [5.74, 6) is 0.958. The van der Waals surface area contributed by atoms with Crippen molar-refractivity contribution in [3.63, 3.8) is 0 Å². The van der Waals surface area contributed by atoms with Gasteiger partial charge >= 0.3 is 0 Å². The van der Waals surface area contributed by atoms with E-state index in [4.69, 9.17) is 4.74 Å². The maximum absolute atomic E-state index is 5.89. The van der Waals surface area contributed by atoms with Crippen LogP contribution in [0.5, 0.6) is 5.75 Å². The van der Waals surface area contributed by atoms with Crippen LogP contribution < -0.4 is 10.1 Å². The third kappa shape index (κ3) is 3.82. The van der Waals surface area contributed by atoms with Gasteiger partial charge in [-0.05, 0) is 44.2 Å². The Morgan fingerprint density at radius 2 is 2.11 bits per heavy atom. The number of benzene rings is 1. The summed E-state index contributed by atoms with van der Waals surface area (Å²) >= 11 is 1.84. The zero-order valence-electron chi connectivity index (χ0n) is 11.8. The summed E-state index contributed by atoms with van der Waals surface area (Å²) < 4.78 is 5.89. The normalized spacial score (nSPS) is 10.7. The Morgan fingerprint density at radius 3 is 2.84 bits per heavy atom. The predicted molar refractivity (Wildman–Crippen MR) is 82.0 cm³/mol. The van der Waals surface area contributed by atoms with Crippen molar-refractivity contribution in [2.24, 2.45) is 0 Å². The molecule has 2 rings (SSSR count). The molecule has 0 aliphatic rings. The van der Waals surface area contributed by atoms with Crippen LogP contribution in [0.4, 0.5) is 0 Å². The van der Waals surface area contributed by atoms with E-state index < -0.39 is 0 Å². The van der Waals surface area contributed by atoms with Crippen LogP contribution in [-0.4, -0.2) is 7.05 Å². The molecule has 1 heterocycles. The molecular formula is C16H21NOS. The van der Waals surface area contributed by atoms with E-state index in [1.165, 1.54) is 20.9 Å². The molecule has 1 aromatic carbocycles. The lowest BCUT2D eigenvalue weighted by atomic mass is 10.2. The fourth-order valence-corrected chi connectivity index (χ4v) is 3.07. The van der Waals surface area contributed by atoms with Gasteiger partial charge in [-0.15, -0.1) is 11.3 Å². The van der Waals surface area contributed by atoms with Gasteiger partial charge in [0.05, 0.1) is 0 Å². The van der Waals surface area contributed by atoms with Crippen LogP contribution in [0, 0.1) is 6.92 Å². The van der Waals surface area contributed by atoms with Gasteiger partial charge in [-0.3, -0.25) is 0 Å². The molecule has 0 aliphatic heterocycles. The molecule has 2 nitrogen and oxygen atoms in total. The molecule has 19 heavy (non-hydrogen) atoms. The van der Waals surface area contributed by atoms with Gasteiger partial charge in [-0.2, -0.15) is 0 Å². The fraction of sp³-hybridized carbons (Fsp3) is 0.375. The minimum Gasteiger partial charge on any atom is -0.489 e. The highest BCUT2D eigenvalue weighted by Crippen LogP contribution is 2.23. The van der Waals surface area contributed by atoms with Gasteiger partial charge in [0.1, 0.15) is 12.4 Å². The van der Waals surface area contributed by atoms with Crippen molar-refractivity contribution in [1.82, 2.24) is 5.32 Å². The van der Waals surface area contributed by atoms with Crippen LogP contribution in [0.1, 0.15) is 27.8 Å². The lowest BCUT2D eigenvalue weighted by Crippen LogP contribution is -2.02. The van der Waals surface area contributed by atoms with Gasteiger partial charge in [0.15, 0.2) is 0 Å². The second-order valence-electron chi connectivity index (χ2n) is 4.61. The molecule has 0 saturated heterocycles. The van der Waals surface area contributed by atoms with E-state index >= 15 is 0 Å². The highest BCUT2D eigenvalue weighted by atomic mass is 32.1. The molecule has 102 valence electrons. The van der Waals surface area contributed by atoms with E-state index in [1.807, 2.05) is 24.5 Å². The van der Waals surface area contributed by atoms with Crippen molar-refractivity contribution in [2.75, 3.05) is 7.05 Å². The maximum atomic E-state index is 5.89. The summed E-state index contributed by atoms with van der Waals surface area (Å²) in [6, 6.07) is 10.6. The zero-order valence-corrected chi connectivity index (χ0v) is 12.6. The molecule has 0 fully saturated rings. The van der Waals surface area contributed by atoms with Crippen molar-refractivity contribution in [1.29, 1.82) is 0 Å². The van der Waals surface area contributed by atoms with Crippen LogP contribution in [-0.2, 0) is 19.6 Å². The van der Waals surface area contributed by atoms with E-state index in [1.54, 1.807) is 0 Å². The molecule has 1 N–H and O–H groups in total. The topological polar surface area (TPSA) is 21.3 Å². The first-order valence-corrected chi connectivity index (χ1v) is 7.49. The second kappa shape index (κ2) is 6.73. The third-order valence-electron chi connectivity index (χ3n) is 3.12. The van der Waals surface area contributed by atoms with Gasteiger partial charge in [-0.25, -0.2) is 0 Å². The molecule has 0 aliphatic carbocycles. The van der Waals surface area contributed by atoms with Crippen LogP contribution in [0.25, 0.3) is 0 Å². The fourth-order valence-electron chi connectivity index (χ4n) is 2.01. The monoisotopic (exact) mass is 275 g/mol. The molecule has 3 heteroatoms. The summed E-state index contributed by atoms with van der Waals surface area (Å²) in [6.45, 7) is 5.90. The van der Waals surface area contributed by atoms with Crippen LogP contribution in [0.3, 0.4) is 0 Å². The second-order valence-corrected chi connectivity index (χ2v) is 5.95. The van der Waals surface area contributed by atoms with E-state index in [2.05, 4.69) is 43.4 Å². The van der Waals surface area contributed by atoms with Gasteiger partial charge < -0.3 is 10.1 Å². The standard InChI is InChI=1S/C16H21NOS/c1-4-13-6-5-7-15(8-13)18-11-14-9-16(10-17-3)19-12(14)2/h5-9,17H,4,10-11H2,1-3H3. The average molecular weight is 275 g/mol. The maximum Gasteiger partial charge on any atom is 0.120 e. The largest absolute Gasteiger partial charge is 0.489 e. The summed E-state index contributed by atoms with van der Waals surface area (Å²) in [5.41, 5.74) is 2.60. The minimum atomic E-state index is 0.652. The lowest BCUT2D eigenvalue weighted by Gasteiger charge is -2.07. The first-order valence-electron chi connectivity index (χ1n) is 6.67. The van der Waals surface area contributed by atoms with Crippen LogP contribution in [0.2, 0.25) is 0 Å². The zero-order chi connectivity index (χ0) is 13.7. The Hall–Kier alpha value is -1.32. The Labute approximate surface area is 119 Å². The summed E-state index contributed by atoms with van der Waals surface area (Å²) in [4.78, 5) is 2.71. The van der Waals surface area contributed by atoms with E-state index in [9.17, 15) is 0 Å². The smallest absolute Gasteiger partial charge is 0.120 e. The van der Waals surface area contributed by atoms with Crippen molar-refractivity contribution >= 4 is 11.3 Å². The molecule has 0 unspecified atom stereocenters. The lowest BCUT2D eigenvalue weighted by molar-refractivity contribution is 0.305. The predicted octanol–water partition coefficient (Wildman–Crippen LogP) is 3.92. The number of nitrogens with one attached hydrogen (secondary N) is 1. The van der Waals surface area contributed by atoms with Gasteiger partial charge in [0.2, 0.25) is 0 Å². The highest BCUT2D eigenvalue weighted by molar-refractivity contribution is 7.12. The van der Waals surface area contributed by atoms with E-state index in [0.29, 0.717) is 6.61 Å². The van der Waals surface area contributed by atoms with Crippen LogP contribution in [0.15, 0.2) is 30.3 Å². The number of aryl methyl sites for hydroxylation is 2. The highest BCUT2D eigenvalue weighted by Gasteiger charge is 2.06. The average Bonchev–Trinajstić information content (AvgIpc) is 2.77. The Balaban J connectivity index is 2.01. The molecule has 0 saturated carbocycles. The molecule has 2 aromatic rings. The van der Waals surface area contributed by atoms with Crippen molar-refractivity contribution in [3.8, 4) is 5.75 Å². The third-order valence-corrected chi connectivity index (χ3v) is 4.22. The Morgan fingerprint density at radius 1 is 1.26 bits per heavy atom. The molecule has 0 radical (unpaired) electrons. The summed E-state index contributed by atoms with van der Waals surface area (Å²) in [7, 11) is 1.97. The quantitative estimate of drug-likeness (QED) is 0.863. The van der Waals surface area contributed by atoms with Gasteiger partial charge in [-0.1, -0.05) is 19.1 Å². The SMILES string of the molecule is CCc1cccc(OCc2cc(CNC)sc2C)c1. The number of hydrogen-bond acceptors (Lipinski definition) is 3. The van der Waals surface area contributed by atoms with Crippen molar-refractivity contribution in [2.45, 2.75) is 33.4 Å². The molecule has 0 atom stereocenters. The first-order chi connectivity index (χ1) is 9.22. The summed E-state index contributed by atoms with van der Waals surface area (Å²) in [5, 5.41) is 3.18. The van der Waals surface area contributed by atoms with Crippen LogP contribution >= 0.6 is 11.3 Å². The van der Waals surface area contributed by atoms with E-state index in [-0.39, 0.29) is 0 Å². The number of hydrogen-bond donors (Lipinski definition) is 1. The minimum absolute atomic E-state index is 0.652. The summed E-state index contributed by atoms with van der Waals surface area (Å²) in [6.07, 6.45) is 1.04. The molecular weight excluding hydrogens is 254 g/mol. The number of rotatable bonds is 6. The number of thiophene rings is 1. The number of ether oxygens (including phenoxy) is 1. The molecule has 1 aromatic heterocycles.